The number of amides is 1. The molecule has 1 amide bonds. The average Bonchev–Trinajstić information content (AvgIpc) is 2.65. The quantitative estimate of drug-likeness (QED) is 0.717. The highest BCUT2D eigenvalue weighted by Crippen LogP contribution is 2.16. The van der Waals surface area contributed by atoms with Crippen molar-refractivity contribution in [1.82, 2.24) is 10.2 Å². The van der Waals surface area contributed by atoms with Gasteiger partial charge in [-0.2, -0.15) is 0 Å². The molecule has 1 saturated heterocycles. The number of rotatable bonds is 5. The summed E-state index contributed by atoms with van der Waals surface area (Å²) in [6.07, 6.45) is 2.38. The van der Waals surface area contributed by atoms with E-state index >= 15 is 0 Å². The first-order valence-electron chi connectivity index (χ1n) is 5.80. The molecule has 0 aromatic heterocycles. The Hall–Kier alpha value is -1.10. The summed E-state index contributed by atoms with van der Waals surface area (Å²) in [6, 6.07) is -0.332. The van der Waals surface area contributed by atoms with Crippen molar-refractivity contribution in [2.75, 3.05) is 13.1 Å². The third-order valence-corrected chi connectivity index (χ3v) is 3.02. The molecule has 5 heteroatoms. The van der Waals surface area contributed by atoms with Gasteiger partial charge in [0.25, 0.3) is 0 Å². The number of hydrogen-bond donors (Lipinski definition) is 2. The van der Waals surface area contributed by atoms with Crippen LogP contribution in [0.15, 0.2) is 0 Å². The van der Waals surface area contributed by atoms with E-state index in [0.717, 1.165) is 12.8 Å². The molecule has 0 spiro atoms. The van der Waals surface area contributed by atoms with Crippen LogP contribution >= 0.6 is 0 Å². The van der Waals surface area contributed by atoms with E-state index in [0.29, 0.717) is 13.0 Å². The lowest BCUT2D eigenvalue weighted by molar-refractivity contribution is -0.142. The van der Waals surface area contributed by atoms with E-state index < -0.39 is 12.0 Å². The van der Waals surface area contributed by atoms with Gasteiger partial charge in [0.2, 0.25) is 5.91 Å². The van der Waals surface area contributed by atoms with Crippen LogP contribution in [0.3, 0.4) is 0 Å². The first kappa shape index (κ1) is 13.0. The molecule has 1 rings (SSSR count). The first-order valence-corrected chi connectivity index (χ1v) is 5.80. The molecular weight excluding hydrogens is 208 g/mol. The minimum Gasteiger partial charge on any atom is -0.480 e. The van der Waals surface area contributed by atoms with Gasteiger partial charge in [-0.3, -0.25) is 14.5 Å². The van der Waals surface area contributed by atoms with Crippen molar-refractivity contribution in [3.63, 3.8) is 0 Å². The fourth-order valence-corrected chi connectivity index (χ4v) is 1.90. The Morgan fingerprint density at radius 3 is 2.81 bits per heavy atom. The molecule has 0 bridgehead atoms. The van der Waals surface area contributed by atoms with Crippen LogP contribution in [0.5, 0.6) is 0 Å². The Labute approximate surface area is 95.8 Å². The third-order valence-electron chi connectivity index (χ3n) is 3.02. The van der Waals surface area contributed by atoms with E-state index in [9.17, 15) is 9.59 Å². The highest BCUT2D eigenvalue weighted by molar-refractivity contribution is 5.80. The summed E-state index contributed by atoms with van der Waals surface area (Å²) in [5.41, 5.74) is 0. The normalized spacial score (nSPS) is 23.0. The Morgan fingerprint density at radius 2 is 2.25 bits per heavy atom. The molecule has 1 fully saturated rings. The van der Waals surface area contributed by atoms with E-state index in [4.69, 9.17) is 5.11 Å². The topological polar surface area (TPSA) is 69.6 Å². The second-order valence-corrected chi connectivity index (χ2v) is 4.34. The monoisotopic (exact) mass is 228 g/mol. The maximum Gasteiger partial charge on any atom is 0.320 e. The Morgan fingerprint density at radius 1 is 1.56 bits per heavy atom. The Kier molecular flexibility index (Phi) is 4.73. The summed E-state index contributed by atoms with van der Waals surface area (Å²) in [4.78, 5) is 24.2. The van der Waals surface area contributed by atoms with Crippen molar-refractivity contribution < 1.29 is 14.7 Å². The lowest BCUT2D eigenvalue weighted by Gasteiger charge is -2.21. The predicted molar refractivity (Wildman–Crippen MR) is 60.1 cm³/mol. The number of carboxylic acid groups (broad SMARTS) is 1. The minimum atomic E-state index is -0.825. The van der Waals surface area contributed by atoms with Crippen molar-refractivity contribution in [3.05, 3.63) is 0 Å². The number of hydrogen-bond acceptors (Lipinski definition) is 3. The lowest BCUT2D eigenvalue weighted by atomic mass is 10.2. The summed E-state index contributed by atoms with van der Waals surface area (Å²) in [5.74, 6) is -0.906. The molecule has 0 aromatic carbocycles. The van der Waals surface area contributed by atoms with Crippen molar-refractivity contribution in [1.29, 1.82) is 0 Å². The molecular formula is C11H20N2O3. The smallest absolute Gasteiger partial charge is 0.320 e. The van der Waals surface area contributed by atoms with Gasteiger partial charge < -0.3 is 10.4 Å². The minimum absolute atomic E-state index is 0.0810. The van der Waals surface area contributed by atoms with Crippen LogP contribution < -0.4 is 5.32 Å². The lowest BCUT2D eigenvalue weighted by Crippen LogP contribution is -2.44. The molecule has 2 atom stereocenters. The van der Waals surface area contributed by atoms with Gasteiger partial charge in [-0.15, -0.1) is 0 Å². The van der Waals surface area contributed by atoms with Crippen LogP contribution in [0.2, 0.25) is 0 Å². The van der Waals surface area contributed by atoms with Crippen LogP contribution in [0.4, 0.5) is 0 Å². The SMILES string of the molecule is CCC(C)NC(=O)CN1CCC[C@H]1C(=O)O. The fraction of sp³-hybridized carbons (Fsp3) is 0.818. The van der Waals surface area contributed by atoms with Crippen molar-refractivity contribution in [3.8, 4) is 0 Å². The molecule has 0 aliphatic carbocycles. The molecule has 92 valence electrons. The molecule has 0 radical (unpaired) electrons. The number of nitrogens with one attached hydrogen (secondary N) is 1. The van der Waals surface area contributed by atoms with Crippen LogP contribution in [0.1, 0.15) is 33.1 Å². The molecule has 1 aliphatic heterocycles. The first-order chi connectivity index (χ1) is 7.54. The van der Waals surface area contributed by atoms with Gasteiger partial charge in [0.15, 0.2) is 0 Å². The molecule has 1 aliphatic rings. The molecule has 2 N–H and O–H groups in total. The van der Waals surface area contributed by atoms with Crippen LogP contribution in [-0.4, -0.2) is 47.1 Å². The van der Waals surface area contributed by atoms with Gasteiger partial charge in [0.1, 0.15) is 6.04 Å². The van der Waals surface area contributed by atoms with Crippen molar-refractivity contribution >= 4 is 11.9 Å². The molecule has 1 unspecified atom stereocenters. The number of carbonyl (C=O) groups is 2. The van der Waals surface area contributed by atoms with Gasteiger partial charge in [0.05, 0.1) is 6.54 Å². The van der Waals surface area contributed by atoms with Crippen LogP contribution in [0, 0.1) is 0 Å². The summed E-state index contributed by atoms with van der Waals surface area (Å²) in [6.45, 7) is 4.84. The van der Waals surface area contributed by atoms with Gasteiger partial charge in [-0.1, -0.05) is 6.92 Å². The van der Waals surface area contributed by atoms with Gasteiger partial charge in [0, 0.05) is 6.04 Å². The third kappa shape index (κ3) is 3.48. The van der Waals surface area contributed by atoms with E-state index in [1.165, 1.54) is 0 Å². The van der Waals surface area contributed by atoms with Gasteiger partial charge in [-0.05, 0) is 32.7 Å². The zero-order valence-electron chi connectivity index (χ0n) is 9.90. The van der Waals surface area contributed by atoms with Crippen molar-refractivity contribution in [2.45, 2.75) is 45.2 Å². The maximum absolute atomic E-state index is 11.6. The van der Waals surface area contributed by atoms with E-state index in [-0.39, 0.29) is 18.5 Å². The van der Waals surface area contributed by atoms with Crippen LogP contribution in [-0.2, 0) is 9.59 Å². The van der Waals surface area contributed by atoms with E-state index in [1.54, 1.807) is 4.90 Å². The Balaban J connectivity index is 2.41. The molecule has 16 heavy (non-hydrogen) atoms. The second-order valence-electron chi connectivity index (χ2n) is 4.34. The highest BCUT2D eigenvalue weighted by atomic mass is 16.4. The van der Waals surface area contributed by atoms with E-state index in [2.05, 4.69) is 5.32 Å². The number of aliphatic carboxylic acids is 1. The number of carboxylic acids is 1. The molecule has 0 saturated carbocycles. The standard InChI is InChI=1S/C11H20N2O3/c1-3-8(2)12-10(14)7-13-6-4-5-9(13)11(15)16/h8-9H,3-7H2,1-2H3,(H,12,14)(H,15,16)/t8?,9-/m0/s1. The number of nitrogens with zero attached hydrogens (tertiary/aromatic N) is 1. The zero-order chi connectivity index (χ0) is 12.1. The largest absolute Gasteiger partial charge is 0.480 e. The van der Waals surface area contributed by atoms with E-state index in [1.807, 2.05) is 13.8 Å². The summed E-state index contributed by atoms with van der Waals surface area (Å²) >= 11 is 0. The number of carbonyl (C=O) groups excluding carboxylic acids is 1. The van der Waals surface area contributed by atoms with Crippen LogP contribution in [0.25, 0.3) is 0 Å². The number of likely N-dealkylation sites (tertiary alicyclic amines) is 1. The molecule has 0 aromatic rings. The highest BCUT2D eigenvalue weighted by Gasteiger charge is 2.31. The maximum atomic E-state index is 11.6. The molecule has 5 nitrogen and oxygen atoms in total. The summed E-state index contributed by atoms with van der Waals surface area (Å²) in [7, 11) is 0. The average molecular weight is 228 g/mol. The summed E-state index contributed by atoms with van der Waals surface area (Å²) in [5, 5.41) is 11.8. The van der Waals surface area contributed by atoms with Crippen molar-refractivity contribution in [2.24, 2.45) is 0 Å². The zero-order valence-corrected chi connectivity index (χ0v) is 9.90. The Bertz CT molecular complexity index is 268. The fourth-order valence-electron chi connectivity index (χ4n) is 1.90. The predicted octanol–water partition coefficient (Wildman–Crippen LogP) is 0.450. The van der Waals surface area contributed by atoms with Gasteiger partial charge in [-0.25, -0.2) is 0 Å². The van der Waals surface area contributed by atoms with Gasteiger partial charge >= 0.3 is 5.97 Å². The summed E-state index contributed by atoms with van der Waals surface area (Å²) < 4.78 is 0. The molecule has 1 heterocycles. The second kappa shape index (κ2) is 5.84.